The number of fused-ring (bicyclic) bond motifs is 1. The number of ether oxygens (including phenoxy) is 1. The normalized spacial score (nSPS) is 19.7. The number of hydrogen-bond donors (Lipinski definition) is 1. The summed E-state index contributed by atoms with van der Waals surface area (Å²) in [4.78, 5) is 12.6. The number of carbonyl (C=O) groups excluding carboxylic acids is 1. The Hall–Kier alpha value is -2.25. The lowest BCUT2D eigenvalue weighted by Crippen LogP contribution is -2.49. The molecule has 4 nitrogen and oxygen atoms in total. The van der Waals surface area contributed by atoms with E-state index in [0.717, 1.165) is 0 Å². The van der Waals surface area contributed by atoms with Gasteiger partial charge in [0.25, 0.3) is 18.3 Å². The molecular weight excluding hydrogens is 352 g/mol. The topological polar surface area (TPSA) is 42.7 Å². The van der Waals surface area contributed by atoms with E-state index in [1.807, 2.05) is 0 Å². The van der Waals surface area contributed by atoms with Gasteiger partial charge in [0.05, 0.1) is 12.2 Å². The molecule has 0 saturated heterocycles. The second kappa shape index (κ2) is 7.17. The molecule has 2 aromatic heterocycles. The van der Waals surface area contributed by atoms with Gasteiger partial charge in [0, 0.05) is 11.9 Å². The maximum atomic E-state index is 14.0. The Labute approximate surface area is 148 Å². The number of carbonyl (C=O) groups is 1. The van der Waals surface area contributed by atoms with Crippen LogP contribution in [0, 0.1) is 6.92 Å². The third-order valence-corrected chi connectivity index (χ3v) is 4.59. The zero-order chi connectivity index (χ0) is 18.9. The van der Waals surface area contributed by atoms with Crippen molar-refractivity contribution in [1.29, 1.82) is 0 Å². The number of rotatable bonds is 5. The summed E-state index contributed by atoms with van der Waals surface area (Å²) in [5, 5.41) is 2.44. The fraction of sp³-hybridized carbons (Fsp3) is 0.500. The summed E-state index contributed by atoms with van der Waals surface area (Å²) < 4.78 is 59.1. The molecule has 2 heterocycles. The van der Waals surface area contributed by atoms with E-state index in [0.29, 0.717) is 23.9 Å². The first-order chi connectivity index (χ1) is 12.3. The third-order valence-electron chi connectivity index (χ3n) is 4.59. The molecule has 26 heavy (non-hydrogen) atoms. The lowest BCUT2D eigenvalue weighted by Gasteiger charge is -2.31. The lowest BCUT2D eigenvalue weighted by atomic mass is 9.91. The summed E-state index contributed by atoms with van der Waals surface area (Å²) in [6, 6.07) is 3.67. The average Bonchev–Trinajstić information content (AvgIpc) is 2.89. The number of nitrogens with zero attached hydrogens (tertiary/aromatic N) is 1. The second-order valence-corrected chi connectivity index (χ2v) is 6.57. The van der Waals surface area contributed by atoms with Gasteiger partial charge in [-0.3, -0.25) is 4.79 Å². The van der Waals surface area contributed by atoms with Gasteiger partial charge in [-0.25, -0.2) is 17.6 Å². The van der Waals surface area contributed by atoms with E-state index < -0.39 is 30.9 Å². The number of amides is 1. The molecular formula is C18H20F4N2O2. The Morgan fingerprint density at radius 3 is 2.85 bits per heavy atom. The van der Waals surface area contributed by atoms with Crippen LogP contribution in [0.5, 0.6) is 5.75 Å². The van der Waals surface area contributed by atoms with E-state index in [9.17, 15) is 22.4 Å². The van der Waals surface area contributed by atoms with Crippen molar-refractivity contribution >= 4 is 11.4 Å². The van der Waals surface area contributed by atoms with E-state index in [1.165, 1.54) is 16.7 Å². The van der Waals surface area contributed by atoms with Gasteiger partial charge in [0.2, 0.25) is 0 Å². The van der Waals surface area contributed by atoms with Gasteiger partial charge in [0.15, 0.2) is 0 Å². The fourth-order valence-corrected chi connectivity index (χ4v) is 3.32. The predicted octanol–water partition coefficient (Wildman–Crippen LogP) is 4.20. The van der Waals surface area contributed by atoms with Crippen LogP contribution in [-0.4, -0.2) is 35.3 Å². The van der Waals surface area contributed by atoms with Crippen LogP contribution in [0.25, 0.3) is 5.52 Å². The molecule has 0 aromatic carbocycles. The van der Waals surface area contributed by atoms with Crippen molar-refractivity contribution < 1.29 is 27.1 Å². The standard InChI is InChI=1S/C18H20F4N2O2/c1-11-8-12-5-6-13(26-10-15(19)20)9-24(12)16(11)17(25)23-14-4-2-3-7-18(14,21)22/h5-6,8-9,14-15H,2-4,7,10H2,1H3,(H,23,25). The zero-order valence-corrected chi connectivity index (χ0v) is 14.3. The highest BCUT2D eigenvalue weighted by molar-refractivity contribution is 5.96. The van der Waals surface area contributed by atoms with Gasteiger partial charge in [-0.15, -0.1) is 0 Å². The van der Waals surface area contributed by atoms with Crippen molar-refractivity contribution in [3.8, 4) is 5.75 Å². The molecule has 8 heteroatoms. The van der Waals surface area contributed by atoms with Crippen LogP contribution < -0.4 is 10.1 Å². The largest absolute Gasteiger partial charge is 0.486 e. The van der Waals surface area contributed by atoms with Gasteiger partial charge in [-0.2, -0.15) is 0 Å². The molecule has 1 saturated carbocycles. The van der Waals surface area contributed by atoms with Crippen molar-refractivity contribution in [2.45, 2.75) is 51.0 Å². The molecule has 2 aromatic rings. The zero-order valence-electron chi connectivity index (χ0n) is 14.3. The first-order valence-corrected chi connectivity index (χ1v) is 8.49. The Morgan fingerprint density at radius 1 is 1.38 bits per heavy atom. The molecule has 1 fully saturated rings. The van der Waals surface area contributed by atoms with Crippen molar-refractivity contribution in [2.75, 3.05) is 6.61 Å². The van der Waals surface area contributed by atoms with Crippen molar-refractivity contribution in [1.82, 2.24) is 9.72 Å². The summed E-state index contributed by atoms with van der Waals surface area (Å²) in [5.41, 5.74) is 1.45. The van der Waals surface area contributed by atoms with Crippen LogP contribution >= 0.6 is 0 Å². The summed E-state index contributed by atoms with van der Waals surface area (Å²) in [7, 11) is 0. The van der Waals surface area contributed by atoms with E-state index in [2.05, 4.69) is 5.32 Å². The number of pyridine rings is 1. The minimum Gasteiger partial charge on any atom is -0.486 e. The first kappa shape index (κ1) is 18.5. The smallest absolute Gasteiger partial charge is 0.272 e. The van der Waals surface area contributed by atoms with E-state index in [-0.39, 0.29) is 24.3 Å². The number of hydrogen-bond acceptors (Lipinski definition) is 2. The maximum absolute atomic E-state index is 14.0. The molecule has 0 aliphatic heterocycles. The van der Waals surface area contributed by atoms with E-state index >= 15 is 0 Å². The highest BCUT2D eigenvalue weighted by Gasteiger charge is 2.42. The van der Waals surface area contributed by atoms with E-state index in [4.69, 9.17) is 4.74 Å². The maximum Gasteiger partial charge on any atom is 0.272 e. The second-order valence-electron chi connectivity index (χ2n) is 6.57. The number of aromatic nitrogens is 1. The van der Waals surface area contributed by atoms with Gasteiger partial charge < -0.3 is 14.5 Å². The summed E-state index contributed by atoms with van der Waals surface area (Å²) in [5.74, 6) is -3.37. The van der Waals surface area contributed by atoms with Gasteiger partial charge in [-0.05, 0) is 43.5 Å². The Balaban J connectivity index is 1.86. The molecule has 0 bridgehead atoms. The van der Waals surface area contributed by atoms with Crippen molar-refractivity contribution in [3.63, 3.8) is 0 Å². The molecule has 1 aliphatic rings. The Bertz CT molecular complexity index is 804. The molecule has 0 spiro atoms. The van der Waals surface area contributed by atoms with Crippen LogP contribution in [0.2, 0.25) is 0 Å². The van der Waals surface area contributed by atoms with Crippen LogP contribution in [0.4, 0.5) is 17.6 Å². The molecule has 1 amide bonds. The highest BCUT2D eigenvalue weighted by Crippen LogP contribution is 2.33. The van der Waals surface area contributed by atoms with E-state index in [1.54, 1.807) is 19.1 Å². The molecule has 1 unspecified atom stereocenters. The number of halogens is 4. The summed E-state index contributed by atoms with van der Waals surface area (Å²) in [6.07, 6.45) is -0.134. The highest BCUT2D eigenvalue weighted by atomic mass is 19.3. The van der Waals surface area contributed by atoms with Crippen LogP contribution in [-0.2, 0) is 0 Å². The SMILES string of the molecule is Cc1cc2ccc(OCC(F)F)cn2c1C(=O)NC1CCCCC1(F)F. The molecule has 0 radical (unpaired) electrons. The molecule has 1 N–H and O–H groups in total. The number of nitrogens with one attached hydrogen (secondary N) is 1. The monoisotopic (exact) mass is 372 g/mol. The van der Waals surface area contributed by atoms with Crippen LogP contribution in [0.1, 0.15) is 41.7 Å². The molecule has 1 atom stereocenters. The quantitative estimate of drug-likeness (QED) is 0.800. The van der Waals surface area contributed by atoms with Gasteiger partial charge in [0.1, 0.15) is 18.1 Å². The van der Waals surface area contributed by atoms with Gasteiger partial charge >= 0.3 is 0 Å². The summed E-state index contributed by atoms with van der Waals surface area (Å²) in [6.45, 7) is 0.933. The Morgan fingerprint density at radius 2 is 2.15 bits per heavy atom. The molecule has 1 aliphatic carbocycles. The first-order valence-electron chi connectivity index (χ1n) is 8.49. The third kappa shape index (κ3) is 3.78. The van der Waals surface area contributed by atoms with Crippen LogP contribution in [0.3, 0.4) is 0 Å². The Kier molecular flexibility index (Phi) is 5.11. The molecule has 142 valence electrons. The predicted molar refractivity (Wildman–Crippen MR) is 88.3 cm³/mol. The molecule has 3 rings (SSSR count). The lowest BCUT2D eigenvalue weighted by molar-refractivity contribution is -0.0609. The van der Waals surface area contributed by atoms with Crippen LogP contribution in [0.15, 0.2) is 24.4 Å². The average molecular weight is 372 g/mol. The minimum absolute atomic E-state index is 0.172. The fourth-order valence-electron chi connectivity index (χ4n) is 3.32. The van der Waals surface area contributed by atoms with Gasteiger partial charge in [-0.1, -0.05) is 6.42 Å². The van der Waals surface area contributed by atoms with Crippen molar-refractivity contribution in [3.05, 3.63) is 35.7 Å². The van der Waals surface area contributed by atoms with Crippen molar-refractivity contribution in [2.24, 2.45) is 0 Å². The minimum atomic E-state index is -2.93. The summed E-state index contributed by atoms with van der Waals surface area (Å²) >= 11 is 0. The number of aryl methyl sites for hydroxylation is 1. The number of alkyl halides is 4.